The molecule has 0 unspecified atom stereocenters. The number of aliphatic hydroxyl groups is 1. The molecule has 1 nitrogen and oxygen atoms in total. The molecule has 0 aliphatic carbocycles. The Labute approximate surface area is 90.4 Å². The molecule has 0 aliphatic heterocycles. The Morgan fingerprint density at radius 2 is 2.15 bits per heavy atom. The number of thiophene rings is 1. The summed E-state index contributed by atoms with van der Waals surface area (Å²) in [4.78, 5) is 0. The minimum Gasteiger partial charge on any atom is -0.392 e. The third-order valence-corrected chi connectivity index (χ3v) is 3.60. The molecule has 1 N–H and O–H groups in total. The first-order valence-corrected chi connectivity index (χ1v) is 5.36. The monoisotopic (exact) mass is 230 g/mol. The Balaban J connectivity index is 2.75. The van der Waals surface area contributed by atoms with Crippen molar-refractivity contribution < 1.29 is 5.11 Å². The first-order valence-electron chi connectivity index (χ1n) is 3.72. The van der Waals surface area contributed by atoms with E-state index >= 15 is 0 Å². The number of hydrogen-bond donors (Lipinski definition) is 2. The second-order valence-electron chi connectivity index (χ2n) is 2.74. The van der Waals surface area contributed by atoms with Crippen LogP contribution in [0.4, 0.5) is 0 Å². The fourth-order valence-electron chi connectivity index (χ4n) is 1.25. The number of hydrogen-bond acceptors (Lipinski definition) is 3. The van der Waals surface area contributed by atoms with Crippen LogP contribution in [0.5, 0.6) is 0 Å². The Hall–Kier alpha value is -0.220. The molecule has 4 heteroatoms. The Morgan fingerprint density at radius 3 is 2.85 bits per heavy atom. The van der Waals surface area contributed by atoms with Crippen LogP contribution in [0.2, 0.25) is 5.02 Å². The standard InChI is InChI=1S/C9H7ClOS2/c10-7-2-5(4-11)1-6-3-8(12)13-9(6)7/h1-3,11-12H,4H2. The van der Waals surface area contributed by atoms with Crippen molar-refractivity contribution >= 4 is 45.7 Å². The van der Waals surface area contributed by atoms with Crippen LogP contribution in [0.3, 0.4) is 0 Å². The third-order valence-electron chi connectivity index (χ3n) is 1.80. The van der Waals surface area contributed by atoms with E-state index in [0.717, 1.165) is 19.9 Å². The van der Waals surface area contributed by atoms with E-state index in [1.807, 2.05) is 12.1 Å². The summed E-state index contributed by atoms with van der Waals surface area (Å²) in [5.41, 5.74) is 0.837. The van der Waals surface area contributed by atoms with Gasteiger partial charge in [-0.15, -0.1) is 24.0 Å². The van der Waals surface area contributed by atoms with Crippen molar-refractivity contribution in [3.8, 4) is 0 Å². The van der Waals surface area contributed by atoms with Gasteiger partial charge in [-0.1, -0.05) is 11.6 Å². The van der Waals surface area contributed by atoms with Crippen LogP contribution in [0.15, 0.2) is 22.4 Å². The molecule has 0 amide bonds. The van der Waals surface area contributed by atoms with Gasteiger partial charge in [0.15, 0.2) is 0 Å². The molecule has 0 saturated carbocycles. The molecule has 0 aliphatic rings. The van der Waals surface area contributed by atoms with E-state index in [1.54, 1.807) is 17.4 Å². The highest BCUT2D eigenvalue weighted by molar-refractivity contribution is 7.83. The van der Waals surface area contributed by atoms with Gasteiger partial charge < -0.3 is 5.11 Å². The molecule has 2 aromatic rings. The third kappa shape index (κ3) is 1.70. The maximum Gasteiger partial charge on any atom is 0.0682 e. The lowest BCUT2D eigenvalue weighted by molar-refractivity contribution is 0.282. The van der Waals surface area contributed by atoms with Crippen LogP contribution in [0.1, 0.15) is 5.56 Å². The maximum absolute atomic E-state index is 8.95. The number of halogens is 1. The summed E-state index contributed by atoms with van der Waals surface area (Å²) >= 11 is 11.8. The zero-order valence-electron chi connectivity index (χ0n) is 6.62. The number of benzene rings is 1. The van der Waals surface area contributed by atoms with Crippen molar-refractivity contribution in [2.24, 2.45) is 0 Å². The van der Waals surface area contributed by atoms with Crippen molar-refractivity contribution in [3.63, 3.8) is 0 Å². The Bertz CT molecular complexity index is 450. The smallest absolute Gasteiger partial charge is 0.0682 e. The number of fused-ring (bicyclic) bond motifs is 1. The first-order chi connectivity index (χ1) is 6.20. The lowest BCUT2D eigenvalue weighted by Gasteiger charge is -1.98. The van der Waals surface area contributed by atoms with Crippen molar-refractivity contribution in [3.05, 3.63) is 28.8 Å². The predicted molar refractivity (Wildman–Crippen MR) is 60.0 cm³/mol. The van der Waals surface area contributed by atoms with Gasteiger partial charge in [0.2, 0.25) is 0 Å². The molecule has 68 valence electrons. The average Bonchev–Trinajstić information content (AvgIpc) is 2.46. The van der Waals surface area contributed by atoms with Crippen LogP contribution < -0.4 is 0 Å². The lowest BCUT2D eigenvalue weighted by Crippen LogP contribution is -1.81. The van der Waals surface area contributed by atoms with Crippen molar-refractivity contribution in [1.82, 2.24) is 0 Å². The normalized spacial score (nSPS) is 11.0. The fourth-order valence-corrected chi connectivity index (χ4v) is 2.81. The molecular weight excluding hydrogens is 224 g/mol. The van der Waals surface area contributed by atoms with Gasteiger partial charge in [0.1, 0.15) is 0 Å². The summed E-state index contributed by atoms with van der Waals surface area (Å²) in [5.74, 6) is 0. The van der Waals surface area contributed by atoms with Crippen molar-refractivity contribution in [2.75, 3.05) is 0 Å². The largest absolute Gasteiger partial charge is 0.392 e. The second kappa shape index (κ2) is 3.50. The molecule has 0 atom stereocenters. The highest BCUT2D eigenvalue weighted by atomic mass is 35.5. The highest BCUT2D eigenvalue weighted by Crippen LogP contribution is 2.34. The molecule has 2 rings (SSSR count). The zero-order valence-corrected chi connectivity index (χ0v) is 9.09. The molecule has 1 aromatic heterocycles. The predicted octanol–water partition coefficient (Wildman–Crippen LogP) is 3.34. The summed E-state index contributed by atoms with van der Waals surface area (Å²) in [6, 6.07) is 5.67. The minimum atomic E-state index is 0.0212. The van der Waals surface area contributed by atoms with Crippen LogP contribution in [0.25, 0.3) is 10.1 Å². The van der Waals surface area contributed by atoms with E-state index < -0.39 is 0 Å². The average molecular weight is 231 g/mol. The van der Waals surface area contributed by atoms with Crippen LogP contribution >= 0.6 is 35.6 Å². The molecule has 1 aromatic carbocycles. The molecule has 0 saturated heterocycles. The van der Waals surface area contributed by atoms with Crippen molar-refractivity contribution in [1.29, 1.82) is 0 Å². The van der Waals surface area contributed by atoms with Gasteiger partial charge in [-0.3, -0.25) is 0 Å². The topological polar surface area (TPSA) is 20.2 Å². The summed E-state index contributed by atoms with van der Waals surface area (Å²) in [5, 5.41) is 10.7. The van der Waals surface area contributed by atoms with Gasteiger partial charge in [0.05, 0.1) is 20.5 Å². The summed E-state index contributed by atoms with van der Waals surface area (Å²) in [7, 11) is 0. The maximum atomic E-state index is 8.95. The van der Waals surface area contributed by atoms with E-state index in [4.69, 9.17) is 16.7 Å². The van der Waals surface area contributed by atoms with Gasteiger partial charge in [-0.25, -0.2) is 0 Å². The SMILES string of the molecule is OCc1cc(Cl)c2sc(S)cc2c1. The molecule has 0 bridgehead atoms. The molecule has 0 radical (unpaired) electrons. The van der Waals surface area contributed by atoms with Gasteiger partial charge in [-0.05, 0) is 29.1 Å². The Morgan fingerprint density at radius 1 is 1.38 bits per heavy atom. The first kappa shape index (κ1) is 9.34. The van der Waals surface area contributed by atoms with Crippen LogP contribution in [-0.2, 0) is 6.61 Å². The van der Waals surface area contributed by atoms with Gasteiger partial charge in [-0.2, -0.15) is 0 Å². The van der Waals surface area contributed by atoms with Crippen molar-refractivity contribution in [2.45, 2.75) is 10.8 Å². The molecule has 1 heterocycles. The lowest BCUT2D eigenvalue weighted by atomic mass is 10.2. The van der Waals surface area contributed by atoms with Crippen LogP contribution in [-0.4, -0.2) is 5.11 Å². The van der Waals surface area contributed by atoms with E-state index in [9.17, 15) is 0 Å². The Kier molecular flexibility index (Phi) is 2.51. The quantitative estimate of drug-likeness (QED) is 0.720. The van der Waals surface area contributed by atoms with Gasteiger partial charge >= 0.3 is 0 Å². The number of rotatable bonds is 1. The van der Waals surface area contributed by atoms with E-state index in [0.29, 0.717) is 5.02 Å². The van der Waals surface area contributed by atoms with E-state index in [2.05, 4.69) is 12.6 Å². The summed E-state index contributed by atoms with van der Waals surface area (Å²) in [6.45, 7) is 0.0212. The minimum absolute atomic E-state index is 0.0212. The number of thiol groups is 1. The van der Waals surface area contributed by atoms with Gasteiger partial charge in [0, 0.05) is 0 Å². The van der Waals surface area contributed by atoms with Crippen LogP contribution in [0, 0.1) is 0 Å². The van der Waals surface area contributed by atoms with E-state index in [-0.39, 0.29) is 6.61 Å². The van der Waals surface area contributed by atoms with Gasteiger partial charge in [0.25, 0.3) is 0 Å². The fraction of sp³-hybridized carbons (Fsp3) is 0.111. The number of aliphatic hydroxyl groups excluding tert-OH is 1. The zero-order chi connectivity index (χ0) is 9.42. The second-order valence-corrected chi connectivity index (χ2v) is 4.98. The molecule has 0 fully saturated rings. The molecule has 0 spiro atoms. The summed E-state index contributed by atoms with van der Waals surface area (Å²) < 4.78 is 1.97. The molecule has 13 heavy (non-hydrogen) atoms. The molecular formula is C9H7ClOS2. The van der Waals surface area contributed by atoms with E-state index in [1.165, 1.54) is 0 Å². The summed E-state index contributed by atoms with van der Waals surface area (Å²) in [6.07, 6.45) is 0. The highest BCUT2D eigenvalue weighted by Gasteiger charge is 2.05.